The predicted octanol–water partition coefficient (Wildman–Crippen LogP) is 1.97. The van der Waals surface area contributed by atoms with Crippen LogP contribution < -0.4 is 11.1 Å². The maximum atomic E-state index is 10.3. The van der Waals surface area contributed by atoms with Crippen molar-refractivity contribution < 1.29 is 9.90 Å². The van der Waals surface area contributed by atoms with Crippen molar-refractivity contribution in [3.63, 3.8) is 0 Å². The Labute approximate surface area is 122 Å². The summed E-state index contributed by atoms with van der Waals surface area (Å²) in [5.74, 6) is 0. The van der Waals surface area contributed by atoms with E-state index in [0.29, 0.717) is 12.2 Å². The highest BCUT2D eigenvalue weighted by atomic mass is 16.4. The normalized spacial score (nSPS) is 10.5. The standard InChI is InChI=1S/C14H19N5O2/c15-12-6-4-5-11(9-12)13-10-19(18-17-13)8-3-1-2-7-16-14(20)21/h4-6,9-10,16H,1-3,7-8,15H2,(H,20,21). The van der Waals surface area contributed by atoms with Crippen molar-refractivity contribution in [2.45, 2.75) is 25.8 Å². The van der Waals surface area contributed by atoms with Crippen molar-refractivity contribution in [3.05, 3.63) is 30.5 Å². The highest BCUT2D eigenvalue weighted by Crippen LogP contribution is 2.18. The zero-order chi connectivity index (χ0) is 15.1. The van der Waals surface area contributed by atoms with Gasteiger partial charge in [0.25, 0.3) is 0 Å². The summed E-state index contributed by atoms with van der Waals surface area (Å²) in [6.07, 6.45) is 3.61. The molecule has 1 heterocycles. The number of amides is 1. The van der Waals surface area contributed by atoms with E-state index in [1.165, 1.54) is 0 Å². The van der Waals surface area contributed by atoms with Gasteiger partial charge in [-0.25, -0.2) is 4.79 Å². The molecule has 0 aliphatic carbocycles. The summed E-state index contributed by atoms with van der Waals surface area (Å²) < 4.78 is 1.79. The first-order valence-electron chi connectivity index (χ1n) is 6.88. The zero-order valence-corrected chi connectivity index (χ0v) is 11.7. The second-order valence-electron chi connectivity index (χ2n) is 4.78. The molecule has 1 aromatic carbocycles. The fourth-order valence-corrected chi connectivity index (χ4v) is 2.01. The fraction of sp³-hybridized carbons (Fsp3) is 0.357. The van der Waals surface area contributed by atoms with Gasteiger partial charge in [-0.05, 0) is 31.4 Å². The lowest BCUT2D eigenvalue weighted by Gasteiger charge is -2.01. The summed E-state index contributed by atoms with van der Waals surface area (Å²) in [6, 6.07) is 7.53. The molecular formula is C14H19N5O2. The lowest BCUT2D eigenvalue weighted by molar-refractivity contribution is 0.194. The molecule has 0 radical (unpaired) electrons. The van der Waals surface area contributed by atoms with Crippen LogP contribution in [0.15, 0.2) is 30.5 Å². The third-order valence-corrected chi connectivity index (χ3v) is 3.06. The number of aryl methyl sites for hydroxylation is 1. The molecule has 1 amide bonds. The van der Waals surface area contributed by atoms with Crippen molar-refractivity contribution in [1.82, 2.24) is 20.3 Å². The van der Waals surface area contributed by atoms with Gasteiger partial charge in [0.2, 0.25) is 0 Å². The minimum atomic E-state index is -0.974. The Morgan fingerprint density at radius 1 is 1.33 bits per heavy atom. The minimum Gasteiger partial charge on any atom is -0.465 e. The number of nitrogens with zero attached hydrogens (tertiary/aromatic N) is 3. The highest BCUT2D eigenvalue weighted by Gasteiger charge is 2.04. The Balaban J connectivity index is 1.77. The van der Waals surface area contributed by atoms with Crippen LogP contribution in [0.5, 0.6) is 0 Å². The first-order chi connectivity index (χ1) is 10.1. The molecular weight excluding hydrogens is 270 g/mol. The van der Waals surface area contributed by atoms with Crippen LogP contribution in [-0.4, -0.2) is 32.7 Å². The van der Waals surface area contributed by atoms with E-state index in [0.717, 1.165) is 37.1 Å². The molecule has 7 heteroatoms. The van der Waals surface area contributed by atoms with Gasteiger partial charge in [-0.3, -0.25) is 4.68 Å². The lowest BCUT2D eigenvalue weighted by Crippen LogP contribution is -2.21. The molecule has 2 aromatic rings. The molecule has 0 spiro atoms. The molecule has 0 fully saturated rings. The summed E-state index contributed by atoms with van der Waals surface area (Å²) in [5, 5.41) is 19.0. The van der Waals surface area contributed by atoms with Crippen LogP contribution in [-0.2, 0) is 6.54 Å². The van der Waals surface area contributed by atoms with Gasteiger partial charge in [-0.1, -0.05) is 17.3 Å². The summed E-state index contributed by atoms with van der Waals surface area (Å²) in [6.45, 7) is 1.25. The van der Waals surface area contributed by atoms with Gasteiger partial charge in [-0.2, -0.15) is 0 Å². The highest BCUT2D eigenvalue weighted by molar-refractivity contribution is 5.64. The van der Waals surface area contributed by atoms with Crippen molar-refractivity contribution in [2.24, 2.45) is 0 Å². The number of benzene rings is 1. The van der Waals surface area contributed by atoms with Crippen LogP contribution in [0.3, 0.4) is 0 Å². The molecule has 0 saturated heterocycles. The molecule has 2 rings (SSSR count). The lowest BCUT2D eigenvalue weighted by atomic mass is 10.1. The van der Waals surface area contributed by atoms with Gasteiger partial charge in [0, 0.05) is 24.3 Å². The molecule has 0 atom stereocenters. The third kappa shape index (κ3) is 4.79. The van der Waals surface area contributed by atoms with Crippen LogP contribution in [0.1, 0.15) is 19.3 Å². The van der Waals surface area contributed by atoms with Crippen molar-refractivity contribution in [3.8, 4) is 11.3 Å². The van der Waals surface area contributed by atoms with Crippen molar-refractivity contribution in [1.29, 1.82) is 0 Å². The van der Waals surface area contributed by atoms with E-state index in [1.54, 1.807) is 4.68 Å². The molecule has 0 aliphatic heterocycles. The number of nitrogen functional groups attached to an aromatic ring is 1. The van der Waals surface area contributed by atoms with Crippen LogP contribution in [0.4, 0.5) is 10.5 Å². The third-order valence-electron chi connectivity index (χ3n) is 3.06. The van der Waals surface area contributed by atoms with Crippen molar-refractivity contribution in [2.75, 3.05) is 12.3 Å². The Bertz CT molecular complexity index is 597. The van der Waals surface area contributed by atoms with E-state index in [-0.39, 0.29) is 0 Å². The maximum absolute atomic E-state index is 10.3. The quantitative estimate of drug-likeness (QED) is 0.533. The molecule has 0 bridgehead atoms. The number of hydrogen-bond donors (Lipinski definition) is 3. The van der Waals surface area contributed by atoms with E-state index in [2.05, 4.69) is 15.6 Å². The van der Waals surface area contributed by atoms with Crippen molar-refractivity contribution >= 4 is 11.8 Å². The monoisotopic (exact) mass is 289 g/mol. The number of anilines is 1. The molecule has 0 saturated carbocycles. The van der Waals surface area contributed by atoms with Crippen LogP contribution in [0, 0.1) is 0 Å². The summed E-state index contributed by atoms with van der Waals surface area (Å²) >= 11 is 0. The number of carboxylic acid groups (broad SMARTS) is 1. The van der Waals surface area contributed by atoms with E-state index in [1.807, 2.05) is 30.5 Å². The first kappa shape index (κ1) is 14.8. The van der Waals surface area contributed by atoms with E-state index in [4.69, 9.17) is 10.8 Å². The zero-order valence-electron chi connectivity index (χ0n) is 11.7. The van der Waals surface area contributed by atoms with Gasteiger partial charge in [0.05, 0.1) is 6.20 Å². The van der Waals surface area contributed by atoms with Gasteiger partial charge in [-0.15, -0.1) is 5.10 Å². The van der Waals surface area contributed by atoms with E-state index in [9.17, 15) is 4.79 Å². The minimum absolute atomic E-state index is 0.487. The molecule has 7 nitrogen and oxygen atoms in total. The topological polar surface area (TPSA) is 106 Å². The van der Waals surface area contributed by atoms with Gasteiger partial charge >= 0.3 is 6.09 Å². The first-order valence-corrected chi connectivity index (χ1v) is 6.88. The largest absolute Gasteiger partial charge is 0.465 e. The van der Waals surface area contributed by atoms with Gasteiger partial charge in [0.1, 0.15) is 5.69 Å². The fourth-order valence-electron chi connectivity index (χ4n) is 2.01. The average Bonchev–Trinajstić information content (AvgIpc) is 2.91. The second kappa shape index (κ2) is 7.28. The summed E-state index contributed by atoms with van der Waals surface area (Å²) in [7, 11) is 0. The molecule has 0 unspecified atom stereocenters. The molecule has 0 aliphatic rings. The maximum Gasteiger partial charge on any atom is 0.404 e. The Morgan fingerprint density at radius 2 is 2.19 bits per heavy atom. The molecule has 21 heavy (non-hydrogen) atoms. The Hall–Kier alpha value is -2.57. The molecule has 1 aromatic heterocycles. The molecule has 112 valence electrons. The average molecular weight is 289 g/mol. The number of carbonyl (C=O) groups is 1. The smallest absolute Gasteiger partial charge is 0.404 e. The Morgan fingerprint density at radius 3 is 2.95 bits per heavy atom. The summed E-state index contributed by atoms with van der Waals surface area (Å²) in [5.41, 5.74) is 8.20. The van der Waals surface area contributed by atoms with Crippen LogP contribution in [0.25, 0.3) is 11.3 Å². The van der Waals surface area contributed by atoms with E-state index < -0.39 is 6.09 Å². The number of nitrogens with one attached hydrogen (secondary N) is 1. The van der Waals surface area contributed by atoms with Crippen LogP contribution >= 0.6 is 0 Å². The summed E-state index contributed by atoms with van der Waals surface area (Å²) in [4.78, 5) is 10.3. The molecule has 4 N–H and O–H groups in total. The van der Waals surface area contributed by atoms with Crippen LogP contribution in [0.2, 0.25) is 0 Å². The predicted molar refractivity (Wildman–Crippen MR) is 79.7 cm³/mol. The van der Waals surface area contributed by atoms with E-state index >= 15 is 0 Å². The number of hydrogen-bond acceptors (Lipinski definition) is 4. The van der Waals surface area contributed by atoms with Gasteiger partial charge in [0.15, 0.2) is 0 Å². The number of unbranched alkanes of at least 4 members (excludes halogenated alkanes) is 2. The Kier molecular flexibility index (Phi) is 5.14. The number of aromatic nitrogens is 3. The SMILES string of the molecule is Nc1cccc(-c2cn(CCCCCNC(=O)O)nn2)c1. The second-order valence-corrected chi connectivity index (χ2v) is 4.78. The van der Waals surface area contributed by atoms with Gasteiger partial charge < -0.3 is 16.2 Å². The number of rotatable bonds is 7. The number of nitrogens with two attached hydrogens (primary N) is 1.